The Morgan fingerprint density at radius 2 is 1.67 bits per heavy atom. The molecule has 0 spiro atoms. The van der Waals surface area contributed by atoms with Crippen molar-refractivity contribution in [3.63, 3.8) is 0 Å². The lowest BCUT2D eigenvalue weighted by molar-refractivity contribution is -0.126. The predicted molar refractivity (Wildman–Crippen MR) is 140 cm³/mol. The summed E-state index contributed by atoms with van der Waals surface area (Å²) in [5, 5.41) is 3.05. The molecule has 0 atom stereocenters. The Morgan fingerprint density at radius 1 is 0.972 bits per heavy atom. The smallest absolute Gasteiger partial charge is 0.223 e. The van der Waals surface area contributed by atoms with Gasteiger partial charge in [-0.15, -0.1) is 0 Å². The molecule has 1 heterocycles. The second kappa shape index (κ2) is 11.7. The first-order valence-electron chi connectivity index (χ1n) is 12.2. The van der Waals surface area contributed by atoms with Gasteiger partial charge in [-0.25, -0.2) is 12.8 Å². The SMILES string of the molecule is CS(=O)(=O)c1ccc(N(CCN2CCC(C(=O)NCc3ccccc3)CC2)c2cccc(F)c2)cc1. The summed E-state index contributed by atoms with van der Waals surface area (Å²) in [5.41, 5.74) is 2.59. The van der Waals surface area contributed by atoms with Crippen LogP contribution in [0.4, 0.5) is 15.8 Å². The van der Waals surface area contributed by atoms with Gasteiger partial charge >= 0.3 is 0 Å². The fourth-order valence-electron chi connectivity index (χ4n) is 4.51. The molecule has 3 aromatic rings. The minimum Gasteiger partial charge on any atom is -0.352 e. The summed E-state index contributed by atoms with van der Waals surface area (Å²) in [5.74, 6) is -0.216. The van der Waals surface area contributed by atoms with Crippen LogP contribution in [0.25, 0.3) is 0 Å². The number of hydrogen-bond acceptors (Lipinski definition) is 5. The lowest BCUT2D eigenvalue weighted by atomic mass is 9.96. The van der Waals surface area contributed by atoms with Crippen molar-refractivity contribution in [1.82, 2.24) is 10.2 Å². The summed E-state index contributed by atoms with van der Waals surface area (Å²) < 4.78 is 37.7. The van der Waals surface area contributed by atoms with Gasteiger partial charge in [0.15, 0.2) is 9.84 Å². The molecule has 190 valence electrons. The predicted octanol–water partition coefficient (Wildman–Crippen LogP) is 4.40. The number of hydrogen-bond donors (Lipinski definition) is 1. The number of carbonyl (C=O) groups excluding carboxylic acids is 1. The van der Waals surface area contributed by atoms with Crippen molar-refractivity contribution in [2.45, 2.75) is 24.3 Å². The molecule has 0 saturated carbocycles. The van der Waals surface area contributed by atoms with Gasteiger partial charge in [-0.2, -0.15) is 0 Å². The lowest BCUT2D eigenvalue weighted by Gasteiger charge is -2.34. The zero-order valence-electron chi connectivity index (χ0n) is 20.4. The van der Waals surface area contributed by atoms with E-state index in [4.69, 9.17) is 0 Å². The molecule has 1 aliphatic rings. The Hall–Kier alpha value is -3.23. The van der Waals surface area contributed by atoms with Crippen molar-refractivity contribution in [1.29, 1.82) is 0 Å². The summed E-state index contributed by atoms with van der Waals surface area (Å²) in [7, 11) is -3.30. The highest BCUT2D eigenvalue weighted by Crippen LogP contribution is 2.27. The van der Waals surface area contributed by atoms with Gasteiger partial charge < -0.3 is 15.1 Å². The zero-order chi connectivity index (χ0) is 25.5. The Bertz CT molecular complexity index is 1260. The molecule has 8 heteroatoms. The maximum Gasteiger partial charge on any atom is 0.223 e. The summed E-state index contributed by atoms with van der Waals surface area (Å²) in [4.78, 5) is 17.2. The summed E-state index contributed by atoms with van der Waals surface area (Å²) >= 11 is 0. The number of sulfone groups is 1. The van der Waals surface area contributed by atoms with E-state index in [0.29, 0.717) is 18.8 Å². The molecule has 0 radical (unpaired) electrons. The van der Waals surface area contributed by atoms with Crippen molar-refractivity contribution in [2.24, 2.45) is 5.92 Å². The fourth-order valence-corrected chi connectivity index (χ4v) is 5.14. The van der Waals surface area contributed by atoms with E-state index in [2.05, 4.69) is 10.2 Å². The minimum absolute atomic E-state index is 0.00724. The molecule has 1 N–H and O–H groups in total. The first kappa shape index (κ1) is 25.9. The molecule has 1 saturated heterocycles. The molecule has 0 unspecified atom stereocenters. The molecule has 1 amide bonds. The zero-order valence-corrected chi connectivity index (χ0v) is 21.3. The van der Waals surface area contributed by atoms with Gasteiger partial charge in [-0.05, 0) is 74.0 Å². The number of anilines is 2. The summed E-state index contributed by atoms with van der Waals surface area (Å²) in [6.07, 6.45) is 2.77. The Balaban J connectivity index is 1.35. The van der Waals surface area contributed by atoms with Gasteiger partial charge in [0.25, 0.3) is 0 Å². The highest BCUT2D eigenvalue weighted by molar-refractivity contribution is 7.90. The van der Waals surface area contributed by atoms with Crippen LogP contribution in [0.15, 0.2) is 83.8 Å². The van der Waals surface area contributed by atoms with E-state index in [-0.39, 0.29) is 22.5 Å². The van der Waals surface area contributed by atoms with E-state index in [0.717, 1.165) is 43.7 Å². The van der Waals surface area contributed by atoms with Crippen LogP contribution in [0.1, 0.15) is 18.4 Å². The first-order valence-corrected chi connectivity index (χ1v) is 14.1. The molecule has 1 aliphatic heterocycles. The Morgan fingerprint density at radius 3 is 2.31 bits per heavy atom. The van der Waals surface area contributed by atoms with Crippen molar-refractivity contribution < 1.29 is 17.6 Å². The largest absolute Gasteiger partial charge is 0.352 e. The van der Waals surface area contributed by atoms with Crippen LogP contribution in [0.3, 0.4) is 0 Å². The van der Waals surface area contributed by atoms with E-state index in [9.17, 15) is 17.6 Å². The van der Waals surface area contributed by atoms with Crippen LogP contribution >= 0.6 is 0 Å². The van der Waals surface area contributed by atoms with Gasteiger partial charge in [0.1, 0.15) is 5.82 Å². The lowest BCUT2D eigenvalue weighted by Crippen LogP contribution is -2.42. The molecular formula is C28H32FN3O3S. The number of benzene rings is 3. The molecule has 1 fully saturated rings. The fraction of sp³-hybridized carbons (Fsp3) is 0.321. The molecule has 0 bridgehead atoms. The average Bonchev–Trinajstić information content (AvgIpc) is 2.88. The van der Waals surface area contributed by atoms with E-state index < -0.39 is 9.84 Å². The molecular weight excluding hydrogens is 477 g/mol. The Labute approximate surface area is 212 Å². The molecule has 0 aromatic heterocycles. The number of halogens is 1. The molecule has 0 aliphatic carbocycles. The van der Waals surface area contributed by atoms with Crippen LogP contribution in [-0.2, 0) is 21.2 Å². The molecule has 4 rings (SSSR count). The highest BCUT2D eigenvalue weighted by atomic mass is 32.2. The summed E-state index contributed by atoms with van der Waals surface area (Å²) in [6, 6.07) is 23.0. The quantitative estimate of drug-likeness (QED) is 0.463. The monoisotopic (exact) mass is 509 g/mol. The number of nitrogens with zero attached hydrogens (tertiary/aromatic N) is 2. The number of carbonyl (C=O) groups is 1. The number of nitrogens with one attached hydrogen (secondary N) is 1. The van der Waals surface area contributed by atoms with E-state index in [1.165, 1.54) is 18.4 Å². The number of rotatable bonds is 9. The Kier molecular flexibility index (Phi) is 8.38. The van der Waals surface area contributed by atoms with Crippen LogP contribution in [0, 0.1) is 11.7 Å². The maximum atomic E-state index is 14.0. The van der Waals surface area contributed by atoms with Crippen molar-refractivity contribution >= 4 is 27.1 Å². The average molecular weight is 510 g/mol. The third-order valence-electron chi connectivity index (χ3n) is 6.60. The third kappa shape index (κ3) is 6.92. The van der Waals surface area contributed by atoms with Crippen LogP contribution < -0.4 is 10.2 Å². The first-order chi connectivity index (χ1) is 17.3. The molecule has 3 aromatic carbocycles. The second-order valence-electron chi connectivity index (χ2n) is 9.22. The van der Waals surface area contributed by atoms with Gasteiger partial charge in [0.2, 0.25) is 5.91 Å². The van der Waals surface area contributed by atoms with Crippen molar-refractivity contribution in [2.75, 3.05) is 37.3 Å². The van der Waals surface area contributed by atoms with E-state index in [1.807, 2.05) is 41.3 Å². The van der Waals surface area contributed by atoms with Crippen molar-refractivity contribution in [3.8, 4) is 0 Å². The number of piperidine rings is 1. The normalized spacial score (nSPS) is 14.9. The highest BCUT2D eigenvalue weighted by Gasteiger charge is 2.25. The van der Waals surface area contributed by atoms with Gasteiger partial charge in [-0.1, -0.05) is 36.4 Å². The van der Waals surface area contributed by atoms with E-state index >= 15 is 0 Å². The van der Waals surface area contributed by atoms with Gasteiger partial charge in [-0.3, -0.25) is 4.79 Å². The maximum absolute atomic E-state index is 14.0. The van der Waals surface area contributed by atoms with Crippen molar-refractivity contribution in [3.05, 3.63) is 90.2 Å². The molecule has 36 heavy (non-hydrogen) atoms. The van der Waals surface area contributed by atoms with Crippen LogP contribution in [0.5, 0.6) is 0 Å². The number of likely N-dealkylation sites (tertiary alicyclic amines) is 1. The summed E-state index contributed by atoms with van der Waals surface area (Å²) in [6.45, 7) is 3.51. The van der Waals surface area contributed by atoms with Gasteiger partial charge in [0.05, 0.1) is 4.90 Å². The standard InChI is InChI=1S/C28H32FN3O3S/c1-36(34,35)27-12-10-25(11-13-27)32(26-9-5-8-24(29)20-26)19-18-31-16-14-23(15-17-31)28(33)30-21-22-6-3-2-4-7-22/h2-13,20,23H,14-19,21H2,1H3,(H,30,33). The van der Waals surface area contributed by atoms with Gasteiger partial charge in [0, 0.05) is 43.2 Å². The van der Waals surface area contributed by atoms with E-state index in [1.54, 1.807) is 30.3 Å². The minimum atomic E-state index is -3.30. The third-order valence-corrected chi connectivity index (χ3v) is 7.73. The molecule has 6 nitrogen and oxygen atoms in total. The van der Waals surface area contributed by atoms with Crippen LogP contribution in [-0.4, -0.2) is 51.7 Å². The topological polar surface area (TPSA) is 69.7 Å². The number of amides is 1. The second-order valence-corrected chi connectivity index (χ2v) is 11.2. The van der Waals surface area contributed by atoms with Crippen LogP contribution in [0.2, 0.25) is 0 Å².